The van der Waals surface area contributed by atoms with Crippen LogP contribution in [0.3, 0.4) is 0 Å². The minimum absolute atomic E-state index is 0.0119. The molecule has 0 atom stereocenters. The molecule has 146 valence electrons. The molecule has 2 aromatic carbocycles. The Morgan fingerprint density at radius 2 is 1.86 bits per heavy atom. The molecule has 1 saturated heterocycles. The number of carbonyl (C=O) groups is 2. The second-order valence-electron chi connectivity index (χ2n) is 6.13. The van der Waals surface area contributed by atoms with Crippen molar-refractivity contribution in [2.45, 2.75) is 12.8 Å². The SMILES string of the molecule is COc1ccc([N+](=O)[O-])cc1C(=O)Nc1ccc(OC)c(N2CCCC2=O)c1. The average Bonchev–Trinajstić information content (AvgIpc) is 3.13. The number of amides is 2. The van der Waals surface area contributed by atoms with Crippen LogP contribution in [0.15, 0.2) is 36.4 Å². The summed E-state index contributed by atoms with van der Waals surface area (Å²) in [5.74, 6) is 0.152. The van der Waals surface area contributed by atoms with Crippen LogP contribution in [0.5, 0.6) is 11.5 Å². The zero-order valence-corrected chi connectivity index (χ0v) is 15.4. The van der Waals surface area contributed by atoms with Crippen LogP contribution in [-0.4, -0.2) is 37.5 Å². The van der Waals surface area contributed by atoms with Crippen LogP contribution in [-0.2, 0) is 4.79 Å². The highest BCUT2D eigenvalue weighted by atomic mass is 16.6. The summed E-state index contributed by atoms with van der Waals surface area (Å²) in [6.07, 6.45) is 1.22. The molecule has 1 N–H and O–H groups in total. The first-order chi connectivity index (χ1) is 13.4. The minimum atomic E-state index is -0.583. The van der Waals surface area contributed by atoms with Gasteiger partial charge in [-0.1, -0.05) is 0 Å². The summed E-state index contributed by atoms with van der Waals surface area (Å²) in [7, 11) is 2.88. The maximum Gasteiger partial charge on any atom is 0.270 e. The summed E-state index contributed by atoms with van der Waals surface area (Å²) in [6, 6.07) is 8.72. The van der Waals surface area contributed by atoms with E-state index in [1.807, 2.05) is 0 Å². The van der Waals surface area contributed by atoms with Gasteiger partial charge in [0.25, 0.3) is 11.6 Å². The fourth-order valence-electron chi connectivity index (χ4n) is 3.07. The van der Waals surface area contributed by atoms with Crippen LogP contribution < -0.4 is 19.7 Å². The summed E-state index contributed by atoms with van der Waals surface area (Å²) in [4.78, 5) is 36.8. The van der Waals surface area contributed by atoms with E-state index in [1.54, 1.807) is 23.1 Å². The van der Waals surface area contributed by atoms with E-state index in [-0.39, 0.29) is 22.9 Å². The molecule has 1 aliphatic rings. The largest absolute Gasteiger partial charge is 0.496 e. The third-order valence-corrected chi connectivity index (χ3v) is 4.44. The Morgan fingerprint density at radius 3 is 2.46 bits per heavy atom. The van der Waals surface area contributed by atoms with Crippen molar-refractivity contribution >= 4 is 28.9 Å². The number of methoxy groups -OCH3 is 2. The summed E-state index contributed by atoms with van der Waals surface area (Å²) >= 11 is 0. The Kier molecular flexibility index (Phi) is 5.44. The molecule has 1 fully saturated rings. The number of rotatable bonds is 6. The van der Waals surface area contributed by atoms with Crippen LogP contribution in [0.2, 0.25) is 0 Å². The molecule has 1 heterocycles. The van der Waals surface area contributed by atoms with Crippen LogP contribution in [0.25, 0.3) is 0 Å². The van der Waals surface area contributed by atoms with Gasteiger partial charge >= 0.3 is 0 Å². The van der Waals surface area contributed by atoms with Gasteiger partial charge in [-0.15, -0.1) is 0 Å². The maximum atomic E-state index is 12.7. The van der Waals surface area contributed by atoms with Gasteiger partial charge in [0, 0.05) is 30.8 Å². The first-order valence-corrected chi connectivity index (χ1v) is 8.56. The molecule has 3 rings (SSSR count). The van der Waals surface area contributed by atoms with Crippen molar-refractivity contribution in [2.24, 2.45) is 0 Å². The summed E-state index contributed by atoms with van der Waals surface area (Å²) in [6.45, 7) is 0.575. The first kappa shape index (κ1) is 19.2. The molecule has 0 aliphatic carbocycles. The quantitative estimate of drug-likeness (QED) is 0.604. The minimum Gasteiger partial charge on any atom is -0.496 e. The van der Waals surface area contributed by atoms with Crippen molar-refractivity contribution in [3.63, 3.8) is 0 Å². The number of non-ortho nitro benzene ring substituents is 1. The monoisotopic (exact) mass is 385 g/mol. The van der Waals surface area contributed by atoms with Gasteiger partial charge in [-0.25, -0.2) is 0 Å². The second kappa shape index (κ2) is 7.95. The van der Waals surface area contributed by atoms with E-state index in [2.05, 4.69) is 5.32 Å². The third-order valence-electron chi connectivity index (χ3n) is 4.44. The lowest BCUT2D eigenvalue weighted by Gasteiger charge is -2.20. The maximum absolute atomic E-state index is 12.7. The Bertz CT molecular complexity index is 943. The number of benzene rings is 2. The summed E-state index contributed by atoms with van der Waals surface area (Å²) in [5, 5.41) is 13.7. The van der Waals surface area contributed by atoms with Crippen LogP contribution in [0, 0.1) is 10.1 Å². The van der Waals surface area contributed by atoms with Gasteiger partial charge < -0.3 is 19.7 Å². The Labute approximate surface area is 161 Å². The lowest BCUT2D eigenvalue weighted by atomic mass is 10.1. The van der Waals surface area contributed by atoms with Crippen LogP contribution in [0.1, 0.15) is 23.2 Å². The topological polar surface area (TPSA) is 111 Å². The molecular formula is C19H19N3O6. The Morgan fingerprint density at radius 1 is 1.14 bits per heavy atom. The number of carbonyl (C=O) groups excluding carboxylic acids is 2. The normalized spacial score (nSPS) is 13.4. The summed E-state index contributed by atoms with van der Waals surface area (Å²) in [5.41, 5.74) is 0.804. The number of nitro benzene ring substituents is 1. The summed E-state index contributed by atoms with van der Waals surface area (Å²) < 4.78 is 10.5. The molecule has 0 aromatic heterocycles. The lowest BCUT2D eigenvalue weighted by Crippen LogP contribution is -2.24. The molecule has 0 spiro atoms. The van der Waals surface area contributed by atoms with Gasteiger partial charge in [0.15, 0.2) is 0 Å². The molecule has 9 nitrogen and oxygen atoms in total. The van der Waals surface area contributed by atoms with Gasteiger partial charge in [-0.3, -0.25) is 19.7 Å². The predicted octanol–water partition coefficient (Wildman–Crippen LogP) is 2.99. The van der Waals surface area contributed by atoms with E-state index in [1.165, 1.54) is 26.4 Å². The van der Waals surface area contributed by atoms with Crippen LogP contribution in [0.4, 0.5) is 17.1 Å². The van der Waals surface area contributed by atoms with Gasteiger partial charge in [0.05, 0.1) is 30.4 Å². The Hall–Kier alpha value is -3.62. The number of hydrogen-bond donors (Lipinski definition) is 1. The van der Waals surface area contributed by atoms with Crippen molar-refractivity contribution in [3.8, 4) is 11.5 Å². The van der Waals surface area contributed by atoms with Gasteiger partial charge in [-0.2, -0.15) is 0 Å². The molecule has 9 heteroatoms. The van der Waals surface area contributed by atoms with E-state index in [4.69, 9.17) is 9.47 Å². The third kappa shape index (κ3) is 3.73. The first-order valence-electron chi connectivity index (χ1n) is 8.56. The van der Waals surface area contributed by atoms with Gasteiger partial charge in [0.1, 0.15) is 11.5 Å². The van der Waals surface area contributed by atoms with Gasteiger partial charge in [-0.05, 0) is 30.7 Å². The standard InChI is InChI=1S/C19H19N3O6/c1-27-16-8-6-13(22(25)26)11-14(16)19(24)20-12-5-7-17(28-2)15(10-12)21-9-3-4-18(21)23/h5-8,10-11H,3-4,9H2,1-2H3,(H,20,24). The van der Waals surface area contributed by atoms with Crippen molar-refractivity contribution in [1.82, 2.24) is 0 Å². The highest BCUT2D eigenvalue weighted by Crippen LogP contribution is 2.34. The van der Waals surface area contributed by atoms with Crippen molar-refractivity contribution < 1.29 is 24.0 Å². The fourth-order valence-corrected chi connectivity index (χ4v) is 3.07. The van der Waals surface area contributed by atoms with Crippen molar-refractivity contribution in [3.05, 3.63) is 52.1 Å². The van der Waals surface area contributed by atoms with E-state index >= 15 is 0 Å². The Balaban J connectivity index is 1.91. The fraction of sp³-hybridized carbons (Fsp3) is 0.263. The molecule has 0 radical (unpaired) electrons. The molecule has 0 bridgehead atoms. The van der Waals surface area contributed by atoms with E-state index in [0.29, 0.717) is 30.1 Å². The number of nitro groups is 1. The second-order valence-corrected chi connectivity index (χ2v) is 6.13. The number of nitrogens with zero attached hydrogens (tertiary/aromatic N) is 2. The zero-order valence-electron chi connectivity index (χ0n) is 15.4. The average molecular weight is 385 g/mol. The highest BCUT2D eigenvalue weighted by Gasteiger charge is 2.25. The predicted molar refractivity (Wildman–Crippen MR) is 102 cm³/mol. The number of anilines is 2. The van der Waals surface area contributed by atoms with E-state index in [9.17, 15) is 19.7 Å². The number of ether oxygens (including phenoxy) is 2. The molecular weight excluding hydrogens is 366 g/mol. The molecule has 2 aromatic rings. The molecule has 0 saturated carbocycles. The molecule has 0 unspecified atom stereocenters. The van der Waals surface area contributed by atoms with Crippen LogP contribution >= 0.6 is 0 Å². The van der Waals surface area contributed by atoms with Crippen molar-refractivity contribution in [1.29, 1.82) is 0 Å². The zero-order chi connectivity index (χ0) is 20.3. The molecule has 28 heavy (non-hydrogen) atoms. The highest BCUT2D eigenvalue weighted by molar-refractivity contribution is 6.07. The van der Waals surface area contributed by atoms with E-state index in [0.717, 1.165) is 12.5 Å². The number of hydrogen-bond acceptors (Lipinski definition) is 6. The molecule has 1 aliphatic heterocycles. The van der Waals surface area contributed by atoms with Gasteiger partial charge in [0.2, 0.25) is 5.91 Å². The molecule has 2 amide bonds. The smallest absolute Gasteiger partial charge is 0.270 e. The van der Waals surface area contributed by atoms with Crippen molar-refractivity contribution in [2.75, 3.05) is 31.0 Å². The van der Waals surface area contributed by atoms with E-state index < -0.39 is 10.8 Å². The lowest BCUT2D eigenvalue weighted by molar-refractivity contribution is -0.384. The number of nitrogens with one attached hydrogen (secondary N) is 1.